The summed E-state index contributed by atoms with van der Waals surface area (Å²) in [6.07, 6.45) is 1.73. The number of nitrogens with zero attached hydrogens (tertiary/aromatic N) is 4. The Labute approximate surface area is 198 Å². The Hall–Kier alpha value is -3.23. The van der Waals surface area contributed by atoms with E-state index in [1.807, 2.05) is 66.6 Å². The minimum Gasteiger partial charge on any atom is -0.492 e. The van der Waals surface area contributed by atoms with Crippen LogP contribution >= 0.6 is 11.3 Å². The standard InChI is InChI=1S/C25H29N5O2S/c1-17(2)30-24-21(16-27-30)20(14-22(28-24)23-9-6-12-33-23)25(31)26-15-18-7-5-8-19(13-18)32-11-10-29(3)4/h5-9,12-14,16-17H,10-11,15H2,1-4H3,(H,26,31). The van der Waals surface area contributed by atoms with Gasteiger partial charge in [-0.25, -0.2) is 9.67 Å². The number of pyridine rings is 1. The van der Waals surface area contributed by atoms with Gasteiger partial charge in [0, 0.05) is 19.1 Å². The van der Waals surface area contributed by atoms with Gasteiger partial charge in [-0.15, -0.1) is 11.3 Å². The number of rotatable bonds is 9. The summed E-state index contributed by atoms with van der Waals surface area (Å²) in [6.45, 7) is 5.97. The lowest BCUT2D eigenvalue weighted by Crippen LogP contribution is -2.23. The zero-order valence-corrected chi connectivity index (χ0v) is 20.2. The first-order valence-electron chi connectivity index (χ1n) is 11.0. The van der Waals surface area contributed by atoms with E-state index in [4.69, 9.17) is 9.72 Å². The van der Waals surface area contributed by atoms with Gasteiger partial charge >= 0.3 is 0 Å². The SMILES string of the molecule is CC(C)n1ncc2c(C(=O)NCc3cccc(OCCN(C)C)c3)cc(-c3cccs3)nc21. The van der Waals surface area contributed by atoms with Gasteiger partial charge in [-0.2, -0.15) is 5.10 Å². The number of nitrogens with one attached hydrogen (secondary N) is 1. The summed E-state index contributed by atoms with van der Waals surface area (Å²) in [7, 11) is 4.03. The maximum Gasteiger partial charge on any atom is 0.252 e. The lowest BCUT2D eigenvalue weighted by atomic mass is 10.1. The molecule has 0 radical (unpaired) electrons. The number of hydrogen-bond acceptors (Lipinski definition) is 6. The minimum absolute atomic E-state index is 0.139. The predicted molar refractivity (Wildman–Crippen MR) is 133 cm³/mol. The average Bonchev–Trinajstić information content (AvgIpc) is 3.47. The van der Waals surface area contributed by atoms with E-state index in [-0.39, 0.29) is 11.9 Å². The molecule has 172 valence electrons. The van der Waals surface area contributed by atoms with E-state index in [1.165, 1.54) is 0 Å². The summed E-state index contributed by atoms with van der Waals surface area (Å²) < 4.78 is 7.68. The first-order chi connectivity index (χ1) is 15.9. The maximum absolute atomic E-state index is 13.3. The molecule has 1 N–H and O–H groups in total. The third-order valence-electron chi connectivity index (χ3n) is 5.23. The van der Waals surface area contributed by atoms with Crippen LogP contribution < -0.4 is 10.1 Å². The zero-order valence-electron chi connectivity index (χ0n) is 19.4. The highest BCUT2D eigenvalue weighted by Crippen LogP contribution is 2.29. The summed E-state index contributed by atoms with van der Waals surface area (Å²) in [5.74, 6) is 0.649. The summed E-state index contributed by atoms with van der Waals surface area (Å²) >= 11 is 1.60. The molecule has 0 saturated heterocycles. The number of carbonyl (C=O) groups is 1. The number of amides is 1. The number of hydrogen-bond donors (Lipinski definition) is 1. The normalized spacial score (nSPS) is 11.5. The fourth-order valence-corrected chi connectivity index (χ4v) is 4.19. The molecule has 0 unspecified atom stereocenters. The van der Waals surface area contributed by atoms with Crippen molar-refractivity contribution in [3.63, 3.8) is 0 Å². The molecule has 0 bridgehead atoms. The number of ether oxygens (including phenoxy) is 1. The second kappa shape index (κ2) is 10.1. The highest BCUT2D eigenvalue weighted by Gasteiger charge is 2.19. The minimum atomic E-state index is -0.151. The topological polar surface area (TPSA) is 72.3 Å². The summed E-state index contributed by atoms with van der Waals surface area (Å²) in [4.78, 5) is 21.2. The van der Waals surface area contributed by atoms with Crippen LogP contribution in [0.3, 0.4) is 0 Å². The number of fused-ring (bicyclic) bond motifs is 1. The van der Waals surface area contributed by atoms with Crippen molar-refractivity contribution >= 4 is 28.3 Å². The average molecular weight is 464 g/mol. The predicted octanol–water partition coefficient (Wildman–Crippen LogP) is 4.61. The third kappa shape index (κ3) is 5.40. The molecule has 3 aromatic heterocycles. The van der Waals surface area contributed by atoms with Crippen molar-refractivity contribution in [1.82, 2.24) is 25.0 Å². The lowest BCUT2D eigenvalue weighted by molar-refractivity contribution is 0.0952. The van der Waals surface area contributed by atoms with Crippen molar-refractivity contribution in [1.29, 1.82) is 0 Å². The molecule has 0 saturated carbocycles. The second-order valence-electron chi connectivity index (χ2n) is 8.43. The van der Waals surface area contributed by atoms with Gasteiger partial charge in [-0.3, -0.25) is 4.79 Å². The van der Waals surface area contributed by atoms with Crippen molar-refractivity contribution in [2.24, 2.45) is 0 Å². The van der Waals surface area contributed by atoms with Gasteiger partial charge in [0.25, 0.3) is 5.91 Å². The van der Waals surface area contributed by atoms with Crippen LogP contribution in [-0.2, 0) is 6.54 Å². The lowest BCUT2D eigenvalue weighted by Gasteiger charge is -2.12. The van der Waals surface area contributed by atoms with Gasteiger partial charge in [0.1, 0.15) is 12.4 Å². The van der Waals surface area contributed by atoms with Crippen LogP contribution in [0.25, 0.3) is 21.6 Å². The highest BCUT2D eigenvalue weighted by atomic mass is 32.1. The summed E-state index contributed by atoms with van der Waals surface area (Å²) in [5, 5.41) is 10.3. The van der Waals surface area contributed by atoms with Gasteiger partial charge < -0.3 is 15.0 Å². The molecule has 7 nitrogen and oxygen atoms in total. The van der Waals surface area contributed by atoms with Crippen LogP contribution in [-0.4, -0.2) is 52.8 Å². The van der Waals surface area contributed by atoms with Crippen molar-refractivity contribution < 1.29 is 9.53 Å². The number of carbonyl (C=O) groups excluding carboxylic acids is 1. The van der Waals surface area contributed by atoms with Crippen LogP contribution in [0.2, 0.25) is 0 Å². The number of aromatic nitrogens is 3. The van der Waals surface area contributed by atoms with E-state index in [1.54, 1.807) is 17.5 Å². The quantitative estimate of drug-likeness (QED) is 0.392. The van der Waals surface area contributed by atoms with Gasteiger partial charge in [0.15, 0.2) is 5.65 Å². The number of likely N-dealkylation sites (N-methyl/N-ethyl adjacent to an activating group) is 1. The Bertz CT molecular complexity index is 1230. The Balaban J connectivity index is 1.56. The van der Waals surface area contributed by atoms with Crippen LogP contribution in [0.15, 0.2) is 54.0 Å². The summed E-state index contributed by atoms with van der Waals surface area (Å²) in [5.41, 5.74) is 3.06. The van der Waals surface area contributed by atoms with E-state index < -0.39 is 0 Å². The van der Waals surface area contributed by atoms with Crippen molar-refractivity contribution in [2.75, 3.05) is 27.2 Å². The molecule has 0 spiro atoms. The van der Waals surface area contributed by atoms with Gasteiger partial charge in [-0.05, 0) is 63.2 Å². The molecule has 3 heterocycles. The molecule has 0 aliphatic heterocycles. The van der Waals surface area contributed by atoms with Crippen LogP contribution in [0.1, 0.15) is 35.8 Å². The van der Waals surface area contributed by atoms with E-state index in [0.717, 1.165) is 39.5 Å². The number of thiophene rings is 1. The molecule has 0 fully saturated rings. The molecule has 8 heteroatoms. The van der Waals surface area contributed by atoms with E-state index in [0.29, 0.717) is 18.7 Å². The van der Waals surface area contributed by atoms with E-state index >= 15 is 0 Å². The molecule has 4 aromatic rings. The molecular weight excluding hydrogens is 434 g/mol. The van der Waals surface area contributed by atoms with E-state index in [2.05, 4.69) is 29.2 Å². The number of benzene rings is 1. The van der Waals surface area contributed by atoms with Crippen molar-refractivity contribution in [3.05, 3.63) is 65.2 Å². The van der Waals surface area contributed by atoms with Crippen LogP contribution in [0.5, 0.6) is 5.75 Å². The largest absolute Gasteiger partial charge is 0.492 e. The van der Waals surface area contributed by atoms with Crippen molar-refractivity contribution in [3.8, 4) is 16.3 Å². The highest BCUT2D eigenvalue weighted by molar-refractivity contribution is 7.13. The van der Waals surface area contributed by atoms with Crippen LogP contribution in [0, 0.1) is 0 Å². The maximum atomic E-state index is 13.3. The summed E-state index contributed by atoms with van der Waals surface area (Å²) in [6, 6.07) is 13.8. The fourth-order valence-electron chi connectivity index (χ4n) is 3.50. The van der Waals surface area contributed by atoms with E-state index in [9.17, 15) is 4.79 Å². The fraction of sp³-hybridized carbons (Fsp3) is 0.320. The molecule has 0 atom stereocenters. The van der Waals surface area contributed by atoms with Crippen LogP contribution in [0.4, 0.5) is 0 Å². The van der Waals surface area contributed by atoms with Gasteiger partial charge in [0.2, 0.25) is 0 Å². The van der Waals surface area contributed by atoms with Crippen molar-refractivity contribution in [2.45, 2.75) is 26.4 Å². The first kappa shape index (κ1) is 22.9. The van der Waals surface area contributed by atoms with Gasteiger partial charge in [0.05, 0.1) is 27.7 Å². The third-order valence-corrected chi connectivity index (χ3v) is 6.13. The molecule has 1 amide bonds. The molecule has 0 aliphatic carbocycles. The Morgan fingerprint density at radius 3 is 2.79 bits per heavy atom. The Morgan fingerprint density at radius 1 is 1.21 bits per heavy atom. The monoisotopic (exact) mass is 463 g/mol. The molecular formula is C25H29N5O2S. The molecule has 33 heavy (non-hydrogen) atoms. The first-order valence-corrected chi connectivity index (χ1v) is 11.9. The zero-order chi connectivity index (χ0) is 23.4. The smallest absolute Gasteiger partial charge is 0.252 e. The Kier molecular flexibility index (Phi) is 7.05. The van der Waals surface area contributed by atoms with Gasteiger partial charge in [-0.1, -0.05) is 18.2 Å². The second-order valence-corrected chi connectivity index (χ2v) is 9.38. The molecule has 4 rings (SSSR count). The molecule has 1 aromatic carbocycles. The Morgan fingerprint density at radius 2 is 2.06 bits per heavy atom. The molecule has 0 aliphatic rings.